The lowest BCUT2D eigenvalue weighted by Gasteiger charge is -1.95. The van der Waals surface area contributed by atoms with Crippen LogP contribution < -0.4 is 0 Å². The maximum Gasteiger partial charge on any atom is 0.134 e. The Balaban J connectivity index is 3.74. The quantitative estimate of drug-likeness (QED) is 0.399. The highest BCUT2D eigenvalue weighted by molar-refractivity contribution is 5.32. The van der Waals surface area contributed by atoms with Gasteiger partial charge in [-0.2, -0.15) is 0 Å². The molecule has 0 radical (unpaired) electrons. The van der Waals surface area contributed by atoms with Crippen molar-refractivity contribution in [3.63, 3.8) is 0 Å². The molecule has 0 rings (SSSR count). The third kappa shape index (κ3) is 14.2. The monoisotopic (exact) mass is 258 g/mol. The zero-order chi connectivity index (χ0) is 14.2. The molecule has 0 aliphatic heterocycles. The maximum absolute atomic E-state index is 9.49. The SMILES string of the molecule is C=CCCCCCC=C[C@H](O)C#CC#C/C=C/CO. The van der Waals surface area contributed by atoms with Gasteiger partial charge >= 0.3 is 0 Å². The van der Waals surface area contributed by atoms with Gasteiger partial charge in [-0.3, -0.25) is 0 Å². The molecule has 0 bridgehead atoms. The second-order valence-electron chi connectivity index (χ2n) is 3.92. The zero-order valence-electron chi connectivity index (χ0n) is 11.3. The van der Waals surface area contributed by atoms with E-state index in [1.807, 2.05) is 12.2 Å². The minimum Gasteiger partial charge on any atom is -0.392 e. The summed E-state index contributed by atoms with van der Waals surface area (Å²) in [6.45, 7) is 3.65. The first kappa shape index (κ1) is 17.3. The summed E-state index contributed by atoms with van der Waals surface area (Å²) in [5.41, 5.74) is 0. The molecule has 0 saturated heterocycles. The van der Waals surface area contributed by atoms with Gasteiger partial charge in [0.2, 0.25) is 0 Å². The molecule has 102 valence electrons. The number of aliphatic hydroxyl groups is 2. The van der Waals surface area contributed by atoms with Crippen LogP contribution in [0.5, 0.6) is 0 Å². The first-order valence-corrected chi connectivity index (χ1v) is 6.53. The van der Waals surface area contributed by atoms with Crippen molar-refractivity contribution in [1.29, 1.82) is 0 Å². The van der Waals surface area contributed by atoms with Crippen molar-refractivity contribution in [1.82, 2.24) is 0 Å². The molecule has 0 aliphatic carbocycles. The number of aliphatic hydroxyl groups excluding tert-OH is 2. The molecule has 0 aromatic rings. The summed E-state index contributed by atoms with van der Waals surface area (Å²) in [6, 6.07) is 0. The summed E-state index contributed by atoms with van der Waals surface area (Å²) in [4.78, 5) is 0. The molecule has 0 aliphatic rings. The molecule has 0 amide bonds. The summed E-state index contributed by atoms with van der Waals surface area (Å²) in [5.74, 6) is 10.4. The maximum atomic E-state index is 9.49. The molecule has 0 saturated carbocycles. The van der Waals surface area contributed by atoms with Crippen molar-refractivity contribution in [2.24, 2.45) is 0 Å². The summed E-state index contributed by atoms with van der Waals surface area (Å²) in [6.07, 6.45) is 13.4. The minimum atomic E-state index is -0.760. The van der Waals surface area contributed by atoms with Crippen molar-refractivity contribution in [3.8, 4) is 23.7 Å². The van der Waals surface area contributed by atoms with Crippen molar-refractivity contribution < 1.29 is 10.2 Å². The van der Waals surface area contributed by atoms with E-state index < -0.39 is 6.10 Å². The Morgan fingerprint density at radius 1 is 1.05 bits per heavy atom. The Bertz CT molecular complexity index is 396. The van der Waals surface area contributed by atoms with Crippen LogP contribution in [0.1, 0.15) is 32.1 Å². The minimum absolute atomic E-state index is 0.0275. The van der Waals surface area contributed by atoms with Gasteiger partial charge in [0.15, 0.2) is 0 Å². The van der Waals surface area contributed by atoms with Gasteiger partial charge in [-0.25, -0.2) is 0 Å². The van der Waals surface area contributed by atoms with Crippen molar-refractivity contribution >= 4 is 0 Å². The zero-order valence-corrected chi connectivity index (χ0v) is 11.3. The average Bonchev–Trinajstić information content (AvgIpc) is 2.41. The van der Waals surface area contributed by atoms with Crippen LogP contribution in [0.2, 0.25) is 0 Å². The smallest absolute Gasteiger partial charge is 0.134 e. The second-order valence-corrected chi connectivity index (χ2v) is 3.92. The first-order valence-electron chi connectivity index (χ1n) is 6.53. The molecular formula is C17H22O2. The molecule has 2 heteroatoms. The Kier molecular flexibility index (Phi) is 13.0. The summed E-state index contributed by atoms with van der Waals surface area (Å²) in [7, 11) is 0. The number of hydrogen-bond donors (Lipinski definition) is 2. The van der Waals surface area contributed by atoms with Crippen LogP contribution in [0.3, 0.4) is 0 Å². The van der Waals surface area contributed by atoms with Crippen LogP contribution in [0, 0.1) is 23.7 Å². The standard InChI is InChI=1S/C17H22O2/c1-2-3-4-5-6-8-11-14-17(19)15-12-9-7-10-13-16-18/h2,10-11,13-14,17-19H,1,3-6,8,16H2/b13-10+,14-11?/t17-/m0/s1. The summed E-state index contributed by atoms with van der Waals surface area (Å²) in [5, 5.41) is 17.9. The molecular weight excluding hydrogens is 236 g/mol. The Labute approximate surface area is 116 Å². The van der Waals surface area contributed by atoms with Crippen LogP contribution in [0.4, 0.5) is 0 Å². The topological polar surface area (TPSA) is 40.5 Å². The largest absolute Gasteiger partial charge is 0.392 e. The highest BCUT2D eigenvalue weighted by atomic mass is 16.3. The van der Waals surface area contributed by atoms with Crippen LogP contribution in [-0.2, 0) is 0 Å². The van der Waals surface area contributed by atoms with Crippen LogP contribution in [-0.4, -0.2) is 22.9 Å². The van der Waals surface area contributed by atoms with Crippen LogP contribution in [0.15, 0.2) is 37.0 Å². The number of unbranched alkanes of at least 4 members (excludes halogenated alkanes) is 4. The summed E-state index contributed by atoms with van der Waals surface area (Å²) < 4.78 is 0. The van der Waals surface area contributed by atoms with Crippen molar-refractivity contribution in [2.75, 3.05) is 6.61 Å². The van der Waals surface area contributed by atoms with E-state index in [9.17, 15) is 5.11 Å². The van der Waals surface area contributed by atoms with E-state index in [2.05, 4.69) is 30.3 Å². The number of rotatable bonds is 8. The van der Waals surface area contributed by atoms with E-state index in [-0.39, 0.29) is 6.61 Å². The first-order chi connectivity index (χ1) is 9.31. The van der Waals surface area contributed by atoms with E-state index in [0.29, 0.717) is 0 Å². The van der Waals surface area contributed by atoms with E-state index in [1.54, 1.807) is 6.08 Å². The van der Waals surface area contributed by atoms with Gasteiger partial charge in [0.1, 0.15) is 6.10 Å². The third-order valence-electron chi connectivity index (χ3n) is 2.26. The lowest BCUT2D eigenvalue weighted by molar-refractivity contribution is 0.280. The molecule has 2 N–H and O–H groups in total. The predicted octanol–water partition coefficient (Wildman–Crippen LogP) is 2.60. The lowest BCUT2D eigenvalue weighted by Crippen LogP contribution is -1.96. The van der Waals surface area contributed by atoms with Gasteiger partial charge in [-0.15, -0.1) is 6.58 Å². The van der Waals surface area contributed by atoms with Gasteiger partial charge in [-0.1, -0.05) is 36.5 Å². The average molecular weight is 258 g/mol. The second kappa shape index (κ2) is 14.3. The normalized spacial score (nSPS) is 11.7. The van der Waals surface area contributed by atoms with Gasteiger partial charge in [0.05, 0.1) is 6.61 Å². The third-order valence-corrected chi connectivity index (χ3v) is 2.26. The molecule has 19 heavy (non-hydrogen) atoms. The molecule has 0 aromatic heterocycles. The highest BCUT2D eigenvalue weighted by Gasteiger charge is 1.90. The molecule has 0 fully saturated rings. The summed E-state index contributed by atoms with van der Waals surface area (Å²) >= 11 is 0. The van der Waals surface area contributed by atoms with Crippen molar-refractivity contribution in [2.45, 2.75) is 38.2 Å². The predicted molar refractivity (Wildman–Crippen MR) is 80.2 cm³/mol. The number of hydrogen-bond acceptors (Lipinski definition) is 2. The molecule has 1 atom stereocenters. The molecule has 2 nitrogen and oxygen atoms in total. The van der Waals surface area contributed by atoms with Crippen molar-refractivity contribution in [3.05, 3.63) is 37.0 Å². The van der Waals surface area contributed by atoms with E-state index in [4.69, 9.17) is 5.11 Å². The fraction of sp³-hybridized carbons (Fsp3) is 0.412. The molecule has 0 heterocycles. The van der Waals surface area contributed by atoms with E-state index >= 15 is 0 Å². The molecule has 0 spiro atoms. The lowest BCUT2D eigenvalue weighted by atomic mass is 10.1. The van der Waals surface area contributed by atoms with Crippen LogP contribution in [0.25, 0.3) is 0 Å². The Morgan fingerprint density at radius 3 is 2.58 bits per heavy atom. The fourth-order valence-electron chi connectivity index (χ4n) is 1.30. The van der Waals surface area contributed by atoms with Gasteiger partial charge in [0.25, 0.3) is 0 Å². The Hall–Kier alpha value is -1.74. The number of allylic oxidation sites excluding steroid dienone is 3. The van der Waals surface area contributed by atoms with E-state index in [0.717, 1.165) is 19.3 Å². The fourth-order valence-corrected chi connectivity index (χ4v) is 1.30. The molecule has 0 unspecified atom stereocenters. The molecule has 0 aromatic carbocycles. The van der Waals surface area contributed by atoms with E-state index in [1.165, 1.54) is 25.0 Å². The van der Waals surface area contributed by atoms with Crippen LogP contribution >= 0.6 is 0 Å². The van der Waals surface area contributed by atoms with Gasteiger partial charge in [0, 0.05) is 0 Å². The highest BCUT2D eigenvalue weighted by Crippen LogP contribution is 2.04. The van der Waals surface area contributed by atoms with Gasteiger partial charge < -0.3 is 10.2 Å². The van der Waals surface area contributed by atoms with Gasteiger partial charge in [-0.05, 0) is 49.7 Å². The Morgan fingerprint density at radius 2 is 1.84 bits per heavy atom.